The van der Waals surface area contributed by atoms with Crippen molar-refractivity contribution in [3.63, 3.8) is 0 Å². The van der Waals surface area contributed by atoms with E-state index >= 15 is 0 Å². The van der Waals surface area contributed by atoms with Crippen molar-refractivity contribution in [1.82, 2.24) is 15.1 Å². The average molecular weight is 342 g/mol. The van der Waals surface area contributed by atoms with E-state index in [1.807, 2.05) is 21.6 Å². The van der Waals surface area contributed by atoms with Crippen LogP contribution in [0.1, 0.15) is 46.0 Å². The number of urea groups is 1. The maximum Gasteiger partial charge on any atom is 0.317 e. The summed E-state index contributed by atoms with van der Waals surface area (Å²) in [5.41, 5.74) is 0. The molecule has 23 heavy (non-hydrogen) atoms. The Labute approximate surface area is 144 Å². The Morgan fingerprint density at radius 2 is 1.87 bits per heavy atom. The Balaban J connectivity index is 1.77. The minimum Gasteiger partial charge on any atom is -0.343 e. The summed E-state index contributed by atoms with van der Waals surface area (Å²) in [6.07, 6.45) is 5.68. The minimum atomic E-state index is 0.0774. The second-order valence-electron chi connectivity index (χ2n) is 6.68. The molecule has 2 rings (SSSR count). The van der Waals surface area contributed by atoms with Gasteiger partial charge in [-0.2, -0.15) is 11.8 Å². The summed E-state index contributed by atoms with van der Waals surface area (Å²) in [4.78, 5) is 27.9. The first-order valence-electron chi connectivity index (χ1n) is 9.00. The van der Waals surface area contributed by atoms with Crippen LogP contribution in [0.15, 0.2) is 0 Å². The number of carbonyl (C=O) groups is 2. The fourth-order valence-electron chi connectivity index (χ4n) is 3.52. The van der Waals surface area contributed by atoms with Crippen LogP contribution in [-0.2, 0) is 4.79 Å². The second kappa shape index (κ2) is 9.40. The summed E-state index contributed by atoms with van der Waals surface area (Å²) in [6.45, 7) is 7.88. The summed E-state index contributed by atoms with van der Waals surface area (Å²) >= 11 is 1.97. The number of carbonyl (C=O) groups excluding carboxylic acids is 2. The lowest BCUT2D eigenvalue weighted by Gasteiger charge is -2.33. The zero-order valence-corrected chi connectivity index (χ0v) is 15.4. The smallest absolute Gasteiger partial charge is 0.317 e. The number of hydrogen-bond donors (Lipinski definition) is 1. The van der Waals surface area contributed by atoms with Crippen LogP contribution in [-0.4, -0.2) is 65.5 Å². The zero-order valence-electron chi connectivity index (χ0n) is 14.6. The molecule has 2 heterocycles. The van der Waals surface area contributed by atoms with Gasteiger partial charge >= 0.3 is 6.03 Å². The SMILES string of the molecule is CCS[C@@H]1CCCCN(C(=O)NC[C@H]2CCCN(C(C)=O)C2)C1. The Hall–Kier alpha value is -0.910. The first-order valence-corrected chi connectivity index (χ1v) is 10.0. The lowest BCUT2D eigenvalue weighted by Crippen LogP contribution is -2.47. The highest BCUT2D eigenvalue weighted by Crippen LogP contribution is 2.22. The molecule has 0 bridgehead atoms. The van der Waals surface area contributed by atoms with Gasteiger partial charge in [-0.1, -0.05) is 13.3 Å². The van der Waals surface area contributed by atoms with E-state index in [0.29, 0.717) is 17.7 Å². The van der Waals surface area contributed by atoms with Crippen molar-refractivity contribution in [2.75, 3.05) is 38.5 Å². The van der Waals surface area contributed by atoms with Crippen molar-refractivity contribution >= 4 is 23.7 Å². The van der Waals surface area contributed by atoms with Gasteiger partial charge in [-0.3, -0.25) is 4.79 Å². The highest BCUT2D eigenvalue weighted by Gasteiger charge is 2.25. The standard InChI is InChI=1S/C17H31N3O2S/c1-3-23-16-8-4-5-9-20(13-16)17(22)18-11-15-7-6-10-19(12-15)14(2)21/h15-16H,3-13H2,1-2H3,(H,18,22)/t15-,16-/m1/s1. The molecule has 0 aromatic heterocycles. The Morgan fingerprint density at radius 1 is 1.09 bits per heavy atom. The molecule has 2 fully saturated rings. The predicted molar refractivity (Wildman–Crippen MR) is 95.7 cm³/mol. The van der Waals surface area contributed by atoms with Crippen molar-refractivity contribution in [2.45, 2.75) is 51.2 Å². The van der Waals surface area contributed by atoms with Crippen molar-refractivity contribution in [1.29, 1.82) is 0 Å². The van der Waals surface area contributed by atoms with Crippen LogP contribution in [0.5, 0.6) is 0 Å². The molecular formula is C17H31N3O2S. The second-order valence-corrected chi connectivity index (χ2v) is 8.26. The number of likely N-dealkylation sites (tertiary alicyclic amines) is 2. The number of nitrogens with one attached hydrogen (secondary N) is 1. The van der Waals surface area contributed by atoms with Crippen molar-refractivity contribution in [3.05, 3.63) is 0 Å². The van der Waals surface area contributed by atoms with E-state index in [4.69, 9.17) is 0 Å². The summed E-state index contributed by atoms with van der Waals surface area (Å²) in [5.74, 6) is 1.65. The molecule has 2 aliphatic rings. The van der Waals surface area contributed by atoms with E-state index in [0.717, 1.165) is 51.2 Å². The molecule has 3 amide bonds. The molecule has 6 heteroatoms. The fraction of sp³-hybridized carbons (Fsp3) is 0.882. The Morgan fingerprint density at radius 3 is 2.61 bits per heavy atom. The molecule has 2 atom stereocenters. The Kier molecular flexibility index (Phi) is 7.53. The molecule has 2 aliphatic heterocycles. The third-order valence-electron chi connectivity index (χ3n) is 4.82. The molecule has 0 aromatic carbocycles. The van der Waals surface area contributed by atoms with E-state index in [1.54, 1.807) is 6.92 Å². The lowest BCUT2D eigenvalue weighted by atomic mass is 9.98. The van der Waals surface area contributed by atoms with Crippen LogP contribution in [0.4, 0.5) is 4.79 Å². The van der Waals surface area contributed by atoms with Gasteiger partial charge in [0.2, 0.25) is 5.91 Å². The average Bonchev–Trinajstić information content (AvgIpc) is 2.79. The van der Waals surface area contributed by atoms with Crippen molar-refractivity contribution < 1.29 is 9.59 Å². The summed E-state index contributed by atoms with van der Waals surface area (Å²) < 4.78 is 0. The number of hydrogen-bond acceptors (Lipinski definition) is 3. The van der Waals surface area contributed by atoms with Gasteiger partial charge < -0.3 is 15.1 Å². The van der Waals surface area contributed by atoms with Crippen LogP contribution < -0.4 is 5.32 Å². The van der Waals surface area contributed by atoms with Gasteiger partial charge in [0.1, 0.15) is 0 Å². The predicted octanol–water partition coefficient (Wildman–Crippen LogP) is 2.56. The summed E-state index contributed by atoms with van der Waals surface area (Å²) in [6, 6.07) is 0.0774. The van der Waals surface area contributed by atoms with Crippen LogP contribution in [0.3, 0.4) is 0 Å². The van der Waals surface area contributed by atoms with Gasteiger partial charge in [-0.15, -0.1) is 0 Å². The number of thioether (sulfide) groups is 1. The molecule has 1 N–H and O–H groups in total. The number of nitrogens with zero attached hydrogens (tertiary/aromatic N) is 2. The number of piperidine rings is 1. The van der Waals surface area contributed by atoms with Crippen LogP contribution >= 0.6 is 11.8 Å². The first-order chi connectivity index (χ1) is 11.1. The quantitative estimate of drug-likeness (QED) is 0.855. The van der Waals surface area contributed by atoms with Gasteiger partial charge in [0.15, 0.2) is 0 Å². The molecule has 0 aromatic rings. The van der Waals surface area contributed by atoms with Gasteiger partial charge in [0, 0.05) is 44.9 Å². The number of rotatable bonds is 4. The molecule has 0 spiro atoms. The first kappa shape index (κ1) is 18.4. The monoisotopic (exact) mass is 341 g/mol. The highest BCUT2D eigenvalue weighted by molar-refractivity contribution is 7.99. The molecular weight excluding hydrogens is 310 g/mol. The lowest BCUT2D eigenvalue weighted by molar-refractivity contribution is -0.130. The van der Waals surface area contributed by atoms with Crippen LogP contribution in [0.2, 0.25) is 0 Å². The van der Waals surface area contributed by atoms with Gasteiger partial charge in [0.25, 0.3) is 0 Å². The molecule has 0 aliphatic carbocycles. The molecule has 2 saturated heterocycles. The van der Waals surface area contributed by atoms with E-state index in [2.05, 4.69) is 12.2 Å². The fourth-order valence-corrected chi connectivity index (χ4v) is 4.61. The van der Waals surface area contributed by atoms with E-state index in [9.17, 15) is 9.59 Å². The highest BCUT2D eigenvalue weighted by atomic mass is 32.2. The third kappa shape index (κ3) is 5.90. The molecule has 0 saturated carbocycles. The van der Waals surface area contributed by atoms with Gasteiger partial charge in [-0.05, 0) is 37.4 Å². The largest absolute Gasteiger partial charge is 0.343 e. The number of amides is 3. The van der Waals surface area contributed by atoms with E-state index < -0.39 is 0 Å². The van der Waals surface area contributed by atoms with Crippen molar-refractivity contribution in [3.8, 4) is 0 Å². The zero-order chi connectivity index (χ0) is 16.7. The minimum absolute atomic E-state index is 0.0774. The molecule has 0 unspecified atom stereocenters. The van der Waals surface area contributed by atoms with Crippen LogP contribution in [0.25, 0.3) is 0 Å². The maximum atomic E-state index is 12.5. The topological polar surface area (TPSA) is 52.7 Å². The van der Waals surface area contributed by atoms with E-state index in [-0.39, 0.29) is 11.9 Å². The normalized spacial score (nSPS) is 25.8. The summed E-state index contributed by atoms with van der Waals surface area (Å²) in [5, 5.41) is 3.69. The Bertz CT molecular complexity index is 405. The summed E-state index contributed by atoms with van der Waals surface area (Å²) in [7, 11) is 0. The van der Waals surface area contributed by atoms with E-state index in [1.165, 1.54) is 12.8 Å². The maximum absolute atomic E-state index is 12.5. The molecule has 0 radical (unpaired) electrons. The van der Waals surface area contributed by atoms with Crippen molar-refractivity contribution in [2.24, 2.45) is 5.92 Å². The molecule has 5 nitrogen and oxygen atoms in total. The molecule has 132 valence electrons. The third-order valence-corrected chi connectivity index (χ3v) is 6.01. The van der Waals surface area contributed by atoms with Gasteiger partial charge in [0.05, 0.1) is 0 Å². The van der Waals surface area contributed by atoms with Crippen LogP contribution in [0, 0.1) is 5.92 Å². The van der Waals surface area contributed by atoms with Gasteiger partial charge in [-0.25, -0.2) is 4.79 Å².